The highest BCUT2D eigenvalue weighted by atomic mass is 15.2. The average Bonchev–Trinajstić information content (AvgIpc) is 3.21. The van der Waals surface area contributed by atoms with E-state index < -0.39 is 5.66 Å². The molecular weight excluding hydrogens is 625 g/mol. The van der Waals surface area contributed by atoms with E-state index in [0.717, 1.165) is 61.2 Å². The molecule has 6 nitrogen and oxygen atoms in total. The molecule has 6 heteroatoms. The molecule has 0 saturated carbocycles. The van der Waals surface area contributed by atoms with Crippen molar-refractivity contribution in [1.82, 2.24) is 20.3 Å². The van der Waals surface area contributed by atoms with Gasteiger partial charge in [-0.3, -0.25) is 4.98 Å². The summed E-state index contributed by atoms with van der Waals surface area (Å²) < 4.78 is 0. The number of nitrogens with one attached hydrogen (secondary N) is 1. The number of aromatic nitrogens is 3. The van der Waals surface area contributed by atoms with E-state index in [0.29, 0.717) is 17.4 Å². The van der Waals surface area contributed by atoms with Crippen molar-refractivity contribution in [2.75, 3.05) is 0 Å². The third-order valence-electron chi connectivity index (χ3n) is 9.38. The highest BCUT2D eigenvalue weighted by molar-refractivity contribution is 6.13. The number of hydrogen-bond acceptors (Lipinski definition) is 6. The van der Waals surface area contributed by atoms with Crippen LogP contribution in [0.2, 0.25) is 0 Å². The molecule has 3 heterocycles. The average molecular weight is 657 g/mol. The molecule has 0 saturated heterocycles. The van der Waals surface area contributed by atoms with E-state index >= 15 is 0 Å². The van der Waals surface area contributed by atoms with Crippen LogP contribution in [0, 0.1) is 0 Å². The van der Waals surface area contributed by atoms with Crippen LogP contribution in [0.4, 0.5) is 0 Å². The number of amidine groups is 2. The molecular formula is C45H32N6. The van der Waals surface area contributed by atoms with Crippen LogP contribution >= 0.6 is 0 Å². The van der Waals surface area contributed by atoms with Gasteiger partial charge in [0.2, 0.25) is 0 Å². The van der Waals surface area contributed by atoms with Crippen molar-refractivity contribution in [3.8, 4) is 33.8 Å². The van der Waals surface area contributed by atoms with Gasteiger partial charge in [0.05, 0.1) is 11.2 Å². The lowest BCUT2D eigenvalue weighted by Gasteiger charge is -2.33. The highest BCUT2D eigenvalue weighted by Gasteiger charge is 2.33. The summed E-state index contributed by atoms with van der Waals surface area (Å²) in [6.07, 6.45) is 1.84. The van der Waals surface area contributed by atoms with Crippen molar-refractivity contribution < 1.29 is 0 Å². The summed E-state index contributed by atoms with van der Waals surface area (Å²) in [7, 11) is 0. The second-order valence-corrected chi connectivity index (χ2v) is 12.8. The van der Waals surface area contributed by atoms with E-state index in [1.807, 2.05) is 66.9 Å². The minimum absolute atomic E-state index is 0.530. The maximum absolute atomic E-state index is 5.31. The molecule has 9 rings (SSSR count). The molecule has 0 radical (unpaired) electrons. The Kier molecular flexibility index (Phi) is 7.47. The first-order chi connectivity index (χ1) is 25.1. The molecule has 0 spiro atoms. The Morgan fingerprint density at radius 1 is 0.510 bits per heavy atom. The van der Waals surface area contributed by atoms with Crippen molar-refractivity contribution in [2.45, 2.75) is 12.6 Å². The van der Waals surface area contributed by atoms with Crippen LogP contribution in [0.3, 0.4) is 0 Å². The van der Waals surface area contributed by atoms with Gasteiger partial charge < -0.3 is 5.32 Å². The van der Waals surface area contributed by atoms with Crippen molar-refractivity contribution in [2.24, 2.45) is 9.98 Å². The first kappa shape index (κ1) is 30.3. The van der Waals surface area contributed by atoms with Gasteiger partial charge in [-0.2, -0.15) is 0 Å². The van der Waals surface area contributed by atoms with Crippen molar-refractivity contribution >= 4 is 33.3 Å². The Morgan fingerprint density at radius 2 is 1.18 bits per heavy atom. The molecule has 1 unspecified atom stereocenters. The van der Waals surface area contributed by atoms with Gasteiger partial charge in [-0.25, -0.2) is 20.0 Å². The van der Waals surface area contributed by atoms with Crippen molar-refractivity contribution in [3.63, 3.8) is 0 Å². The molecule has 0 bridgehead atoms. The lowest BCUT2D eigenvalue weighted by atomic mass is 9.96. The highest BCUT2D eigenvalue weighted by Crippen LogP contribution is 2.33. The minimum Gasteiger partial charge on any atom is -0.342 e. The number of para-hydroxylation sites is 1. The number of fused-ring (bicyclic) bond motifs is 2. The SMILES string of the molecule is CC1(c2ccc3ccccc3c2)N=C(c2cc(-c3ccc(-c4cccc5cccnc45)cc3)nc(-c3ccccc3)n2)N=C(c2ccccc2)N1. The summed E-state index contributed by atoms with van der Waals surface area (Å²) in [6.45, 7) is 2.09. The standard InChI is InChI=1S/C45H32N6/c1-45(37-26-25-30-12-8-9-17-36(30)28-37)50-43(35-15-6-3-7-16-35)49-44(51-45)40-29-39(47-42(48-40)34-13-4-2-5-14-34)32-23-21-31(22-24-32)38-20-10-18-33-19-11-27-46-41(33)38/h2-29H,1H3,(H,49,50,51). The smallest absolute Gasteiger partial charge is 0.178 e. The van der Waals surface area contributed by atoms with Gasteiger partial charge in [0.1, 0.15) is 11.5 Å². The Balaban J connectivity index is 1.19. The third kappa shape index (κ3) is 5.83. The summed E-state index contributed by atoms with van der Waals surface area (Å²) in [5.41, 5.74) is 7.64. The number of benzene rings is 6. The number of nitrogens with zero attached hydrogens (tertiary/aromatic N) is 5. The Hall–Kier alpha value is -6.79. The zero-order valence-electron chi connectivity index (χ0n) is 27.9. The van der Waals surface area contributed by atoms with Gasteiger partial charge in [-0.1, -0.05) is 146 Å². The van der Waals surface area contributed by atoms with E-state index in [1.54, 1.807) is 0 Å². The molecule has 8 aromatic rings. The van der Waals surface area contributed by atoms with E-state index in [9.17, 15) is 0 Å². The molecule has 1 aliphatic heterocycles. The molecule has 242 valence electrons. The first-order valence-electron chi connectivity index (χ1n) is 17.0. The Morgan fingerprint density at radius 3 is 1.98 bits per heavy atom. The molecule has 51 heavy (non-hydrogen) atoms. The van der Waals surface area contributed by atoms with Crippen molar-refractivity contribution in [1.29, 1.82) is 0 Å². The van der Waals surface area contributed by atoms with Crippen LogP contribution in [0.5, 0.6) is 0 Å². The third-order valence-corrected chi connectivity index (χ3v) is 9.38. The van der Waals surface area contributed by atoms with Gasteiger partial charge in [0, 0.05) is 33.8 Å². The summed E-state index contributed by atoms with van der Waals surface area (Å²) in [5, 5.41) is 7.11. The number of rotatable bonds is 6. The van der Waals surface area contributed by atoms with E-state index in [4.69, 9.17) is 20.0 Å². The zero-order chi connectivity index (χ0) is 34.2. The summed E-state index contributed by atoms with van der Waals surface area (Å²) in [6, 6.07) is 55.9. The van der Waals surface area contributed by atoms with Crippen LogP contribution in [0.15, 0.2) is 180 Å². The van der Waals surface area contributed by atoms with Crippen LogP contribution in [0.25, 0.3) is 55.4 Å². The fourth-order valence-electron chi connectivity index (χ4n) is 6.69. The molecule has 1 aliphatic rings. The normalized spacial score (nSPS) is 15.6. The Labute approximate surface area is 296 Å². The van der Waals surface area contributed by atoms with E-state index in [2.05, 4.69) is 120 Å². The molecule has 1 N–H and O–H groups in total. The monoisotopic (exact) mass is 656 g/mol. The quantitative estimate of drug-likeness (QED) is 0.193. The van der Waals surface area contributed by atoms with Crippen molar-refractivity contribution in [3.05, 3.63) is 187 Å². The lowest BCUT2D eigenvalue weighted by Crippen LogP contribution is -2.46. The summed E-state index contributed by atoms with van der Waals surface area (Å²) in [5.74, 6) is 1.86. The number of pyridine rings is 1. The van der Waals surface area contributed by atoms with Crippen LogP contribution in [-0.2, 0) is 5.66 Å². The van der Waals surface area contributed by atoms with E-state index in [-0.39, 0.29) is 0 Å². The second-order valence-electron chi connectivity index (χ2n) is 12.8. The topological polar surface area (TPSA) is 75.4 Å². The summed E-state index contributed by atoms with van der Waals surface area (Å²) >= 11 is 0. The maximum atomic E-state index is 5.31. The zero-order valence-corrected chi connectivity index (χ0v) is 27.9. The van der Waals surface area contributed by atoms with Crippen LogP contribution < -0.4 is 5.32 Å². The van der Waals surface area contributed by atoms with Crippen LogP contribution in [0.1, 0.15) is 23.7 Å². The fourth-order valence-corrected chi connectivity index (χ4v) is 6.69. The van der Waals surface area contributed by atoms with Gasteiger partial charge in [0.25, 0.3) is 0 Å². The minimum atomic E-state index is -0.821. The largest absolute Gasteiger partial charge is 0.342 e. The molecule has 2 aromatic heterocycles. The van der Waals surface area contributed by atoms with E-state index in [1.165, 1.54) is 5.39 Å². The molecule has 0 fully saturated rings. The van der Waals surface area contributed by atoms with Gasteiger partial charge in [-0.15, -0.1) is 0 Å². The Bertz CT molecular complexity index is 2610. The van der Waals surface area contributed by atoms with Gasteiger partial charge in [0.15, 0.2) is 17.3 Å². The molecule has 0 amide bonds. The molecule has 6 aromatic carbocycles. The predicted molar refractivity (Wildman–Crippen MR) is 208 cm³/mol. The van der Waals surface area contributed by atoms with Gasteiger partial charge in [-0.05, 0) is 47.0 Å². The number of hydrogen-bond donors (Lipinski definition) is 1. The lowest BCUT2D eigenvalue weighted by molar-refractivity contribution is 0.455. The van der Waals surface area contributed by atoms with Gasteiger partial charge >= 0.3 is 0 Å². The molecule has 1 atom stereocenters. The fraction of sp³-hybridized carbons (Fsp3) is 0.0444. The second kappa shape index (κ2) is 12.6. The van der Waals surface area contributed by atoms with Crippen LogP contribution in [-0.4, -0.2) is 26.6 Å². The number of aliphatic imine (C=N–C) groups is 2. The first-order valence-corrected chi connectivity index (χ1v) is 17.0. The summed E-state index contributed by atoms with van der Waals surface area (Å²) in [4.78, 5) is 25.3. The maximum Gasteiger partial charge on any atom is 0.178 e. The molecule has 0 aliphatic carbocycles. The predicted octanol–water partition coefficient (Wildman–Crippen LogP) is 9.85.